The first-order chi connectivity index (χ1) is 13.2. The normalized spacial score (nSPS) is 15.4. The zero-order valence-corrected chi connectivity index (χ0v) is 16.5. The van der Waals surface area contributed by atoms with Crippen LogP contribution in [-0.2, 0) is 23.6 Å². The highest BCUT2D eigenvalue weighted by molar-refractivity contribution is 7.88. The van der Waals surface area contributed by atoms with Crippen molar-refractivity contribution in [3.8, 4) is 6.07 Å². The van der Waals surface area contributed by atoms with Gasteiger partial charge in [0.05, 0.1) is 24.4 Å². The van der Waals surface area contributed by atoms with Gasteiger partial charge in [-0.25, -0.2) is 13.2 Å². The number of nitrogens with zero attached hydrogens (tertiary/aromatic N) is 5. The first-order valence-electron chi connectivity index (χ1n) is 8.71. The van der Waals surface area contributed by atoms with Gasteiger partial charge >= 0.3 is 5.69 Å². The molecule has 1 aromatic carbocycles. The fourth-order valence-corrected chi connectivity index (χ4v) is 4.07. The Morgan fingerprint density at radius 2 is 1.82 bits per heavy atom. The molecule has 0 spiro atoms. The molecule has 0 bridgehead atoms. The predicted molar refractivity (Wildman–Crippen MR) is 102 cm³/mol. The zero-order valence-electron chi connectivity index (χ0n) is 15.7. The quantitative estimate of drug-likeness (QED) is 0.704. The molecule has 148 valence electrons. The van der Waals surface area contributed by atoms with Crippen LogP contribution < -0.4 is 5.69 Å². The largest absolute Gasteiger partial charge is 0.335 e. The minimum absolute atomic E-state index is 0.105. The van der Waals surface area contributed by atoms with Gasteiger partial charge < -0.3 is 9.47 Å². The molecule has 0 unspecified atom stereocenters. The van der Waals surface area contributed by atoms with E-state index in [0.717, 1.165) is 6.26 Å². The van der Waals surface area contributed by atoms with Gasteiger partial charge in [0.1, 0.15) is 5.69 Å². The Kier molecular flexibility index (Phi) is 5.40. The second-order valence-electron chi connectivity index (χ2n) is 6.72. The van der Waals surface area contributed by atoms with Gasteiger partial charge in [0, 0.05) is 39.4 Å². The molecule has 0 aliphatic carbocycles. The van der Waals surface area contributed by atoms with E-state index in [0.29, 0.717) is 11.1 Å². The molecule has 1 fully saturated rings. The summed E-state index contributed by atoms with van der Waals surface area (Å²) < 4.78 is 27.3. The number of carbonyl (C=O) groups excluding carboxylic acids is 1. The third kappa shape index (κ3) is 3.85. The summed E-state index contributed by atoms with van der Waals surface area (Å²) in [5.74, 6) is -0.333. The van der Waals surface area contributed by atoms with E-state index in [1.807, 2.05) is 0 Å². The van der Waals surface area contributed by atoms with E-state index < -0.39 is 10.0 Å². The molecule has 2 aromatic rings. The lowest BCUT2D eigenvalue weighted by Crippen LogP contribution is -2.50. The van der Waals surface area contributed by atoms with E-state index in [-0.39, 0.29) is 50.0 Å². The lowest BCUT2D eigenvalue weighted by atomic mass is 10.1. The van der Waals surface area contributed by atoms with Crippen LogP contribution in [0.5, 0.6) is 0 Å². The molecule has 1 aliphatic rings. The average Bonchev–Trinajstić information content (AvgIpc) is 2.95. The van der Waals surface area contributed by atoms with Gasteiger partial charge in [-0.05, 0) is 11.6 Å². The van der Waals surface area contributed by atoms with Crippen LogP contribution >= 0.6 is 0 Å². The Hall–Kier alpha value is -2.90. The summed E-state index contributed by atoms with van der Waals surface area (Å²) in [6.07, 6.45) is 2.62. The Morgan fingerprint density at radius 1 is 1.18 bits per heavy atom. The SMILES string of the molecule is Cn1cc(C(=O)N2CCN(S(C)(=O)=O)CC2)n(Cc2ccccc2C#N)c1=O. The van der Waals surface area contributed by atoms with Crippen molar-refractivity contribution in [3.05, 3.63) is 57.8 Å². The highest BCUT2D eigenvalue weighted by atomic mass is 32.2. The highest BCUT2D eigenvalue weighted by Gasteiger charge is 2.29. The number of aryl methyl sites for hydroxylation is 1. The molecule has 0 N–H and O–H groups in total. The highest BCUT2D eigenvalue weighted by Crippen LogP contribution is 2.14. The topological polar surface area (TPSA) is 108 Å². The number of hydrogen-bond donors (Lipinski definition) is 0. The number of carbonyl (C=O) groups is 1. The van der Waals surface area contributed by atoms with Gasteiger partial charge in [0.2, 0.25) is 10.0 Å². The third-order valence-corrected chi connectivity index (χ3v) is 6.12. The van der Waals surface area contributed by atoms with Gasteiger partial charge in [-0.15, -0.1) is 0 Å². The minimum Gasteiger partial charge on any atom is -0.335 e. The first-order valence-corrected chi connectivity index (χ1v) is 10.6. The Labute approximate surface area is 163 Å². The summed E-state index contributed by atoms with van der Waals surface area (Å²) in [6, 6.07) is 9.02. The molecule has 2 heterocycles. The Balaban J connectivity index is 1.87. The van der Waals surface area contributed by atoms with Gasteiger partial charge in [-0.1, -0.05) is 18.2 Å². The summed E-state index contributed by atoms with van der Waals surface area (Å²) in [5.41, 5.74) is 0.951. The molecule has 1 amide bonds. The minimum atomic E-state index is -3.29. The lowest BCUT2D eigenvalue weighted by Gasteiger charge is -2.33. The van der Waals surface area contributed by atoms with E-state index in [4.69, 9.17) is 0 Å². The third-order valence-electron chi connectivity index (χ3n) is 4.82. The van der Waals surface area contributed by atoms with Crippen molar-refractivity contribution in [2.24, 2.45) is 7.05 Å². The van der Waals surface area contributed by atoms with Crippen LogP contribution in [-0.4, -0.2) is 65.1 Å². The van der Waals surface area contributed by atoms with Crippen LogP contribution in [0.1, 0.15) is 21.6 Å². The molecule has 0 saturated carbocycles. The number of sulfonamides is 1. The molecule has 0 radical (unpaired) electrons. The molecule has 28 heavy (non-hydrogen) atoms. The molecule has 1 aliphatic heterocycles. The lowest BCUT2D eigenvalue weighted by molar-refractivity contribution is 0.0687. The zero-order chi connectivity index (χ0) is 20.5. The van der Waals surface area contributed by atoms with E-state index in [9.17, 15) is 23.3 Å². The number of benzene rings is 1. The number of imidazole rings is 1. The first kappa shape index (κ1) is 19.9. The number of rotatable bonds is 4. The van der Waals surface area contributed by atoms with Crippen LogP contribution in [0.3, 0.4) is 0 Å². The van der Waals surface area contributed by atoms with Crippen LogP contribution in [0, 0.1) is 11.3 Å². The van der Waals surface area contributed by atoms with E-state index in [2.05, 4.69) is 6.07 Å². The monoisotopic (exact) mass is 403 g/mol. The van der Waals surface area contributed by atoms with Gasteiger partial charge in [-0.3, -0.25) is 9.36 Å². The van der Waals surface area contributed by atoms with Crippen LogP contribution in [0.2, 0.25) is 0 Å². The van der Waals surface area contributed by atoms with Crippen molar-refractivity contribution in [1.82, 2.24) is 18.3 Å². The molecular formula is C18H21N5O4S. The summed E-state index contributed by atoms with van der Waals surface area (Å²) in [7, 11) is -1.73. The Bertz CT molecular complexity index is 1100. The second kappa shape index (κ2) is 7.61. The maximum atomic E-state index is 13.0. The summed E-state index contributed by atoms with van der Waals surface area (Å²) in [5, 5.41) is 9.27. The molecular weight excluding hydrogens is 382 g/mol. The molecule has 1 saturated heterocycles. The van der Waals surface area contributed by atoms with Crippen molar-refractivity contribution >= 4 is 15.9 Å². The standard InChI is InChI=1S/C18H21N5O4S/c1-20-13-16(17(24)21-7-9-22(10-8-21)28(2,26)27)23(18(20)25)12-15-6-4-3-5-14(15)11-19/h3-6,13H,7-10,12H2,1-2H3. The molecule has 1 aromatic heterocycles. The smallest absolute Gasteiger partial charge is 0.328 e. The molecule has 0 atom stereocenters. The predicted octanol–water partition coefficient (Wildman–Crippen LogP) is -0.176. The second-order valence-corrected chi connectivity index (χ2v) is 8.70. The summed E-state index contributed by atoms with van der Waals surface area (Å²) >= 11 is 0. The van der Waals surface area contributed by atoms with Crippen LogP contribution in [0.4, 0.5) is 0 Å². The fraction of sp³-hybridized carbons (Fsp3) is 0.389. The van der Waals surface area contributed by atoms with E-state index >= 15 is 0 Å². The van der Waals surface area contributed by atoms with Crippen molar-refractivity contribution in [2.45, 2.75) is 6.54 Å². The maximum Gasteiger partial charge on any atom is 0.328 e. The number of piperazine rings is 1. The summed E-state index contributed by atoms with van der Waals surface area (Å²) in [6.45, 7) is 1.05. The summed E-state index contributed by atoms with van der Waals surface area (Å²) in [4.78, 5) is 27.1. The van der Waals surface area contributed by atoms with Gasteiger partial charge in [-0.2, -0.15) is 9.57 Å². The van der Waals surface area contributed by atoms with Gasteiger partial charge in [0.25, 0.3) is 5.91 Å². The van der Waals surface area contributed by atoms with Gasteiger partial charge in [0.15, 0.2) is 0 Å². The van der Waals surface area contributed by atoms with Crippen molar-refractivity contribution in [2.75, 3.05) is 32.4 Å². The Morgan fingerprint density at radius 3 is 2.43 bits per heavy atom. The van der Waals surface area contributed by atoms with Crippen LogP contribution in [0.15, 0.2) is 35.3 Å². The van der Waals surface area contributed by atoms with Crippen molar-refractivity contribution < 1.29 is 13.2 Å². The average molecular weight is 403 g/mol. The number of amides is 1. The maximum absolute atomic E-state index is 13.0. The number of hydrogen-bond acceptors (Lipinski definition) is 5. The van der Waals surface area contributed by atoms with Crippen molar-refractivity contribution in [1.29, 1.82) is 5.26 Å². The van der Waals surface area contributed by atoms with Crippen LogP contribution in [0.25, 0.3) is 0 Å². The van der Waals surface area contributed by atoms with E-state index in [1.54, 1.807) is 36.2 Å². The van der Waals surface area contributed by atoms with Crippen molar-refractivity contribution in [3.63, 3.8) is 0 Å². The molecule has 10 heteroatoms. The number of aromatic nitrogens is 2. The fourth-order valence-electron chi connectivity index (χ4n) is 3.25. The molecule has 9 nitrogen and oxygen atoms in total. The van der Waals surface area contributed by atoms with E-state index in [1.165, 1.54) is 19.6 Å². The molecule has 3 rings (SSSR count). The number of nitriles is 1.